The summed E-state index contributed by atoms with van der Waals surface area (Å²) in [6.45, 7) is 0.638. The lowest BCUT2D eigenvalue weighted by molar-refractivity contribution is 0.259. The van der Waals surface area contributed by atoms with Gasteiger partial charge in [-0.2, -0.15) is 0 Å². The molecule has 0 fully saturated rings. The normalized spacial score (nSPS) is 9.91. The number of nitrogens with one attached hydrogen (secondary N) is 2. The molecular formula is C16H16ClN5O. The number of anilines is 2. The minimum absolute atomic E-state index is 0. The van der Waals surface area contributed by atoms with Crippen molar-refractivity contribution in [3.8, 4) is 0 Å². The van der Waals surface area contributed by atoms with E-state index in [-0.39, 0.29) is 12.4 Å². The van der Waals surface area contributed by atoms with Crippen LogP contribution in [0.15, 0.2) is 54.9 Å². The number of nitrogens with two attached hydrogens (primary N) is 1. The predicted octanol–water partition coefficient (Wildman–Crippen LogP) is 3.15. The molecule has 0 bridgehead atoms. The van der Waals surface area contributed by atoms with Gasteiger partial charge in [-0.15, -0.1) is 12.4 Å². The minimum atomic E-state index is -0.625. The molecule has 0 aliphatic rings. The van der Waals surface area contributed by atoms with Crippen molar-refractivity contribution >= 4 is 40.8 Å². The molecule has 118 valence electrons. The molecule has 0 saturated heterocycles. The number of amides is 2. The molecule has 0 saturated carbocycles. The van der Waals surface area contributed by atoms with Crippen molar-refractivity contribution in [2.45, 2.75) is 6.54 Å². The van der Waals surface area contributed by atoms with Gasteiger partial charge in [-0.3, -0.25) is 5.32 Å². The molecule has 4 N–H and O–H groups in total. The number of hydrogen-bond acceptors (Lipinski definition) is 4. The summed E-state index contributed by atoms with van der Waals surface area (Å²) < 4.78 is 0. The fourth-order valence-corrected chi connectivity index (χ4v) is 2.24. The summed E-state index contributed by atoms with van der Waals surface area (Å²) in [5, 5.41) is 7.75. The molecule has 2 amide bonds. The number of aromatic nitrogens is 2. The van der Waals surface area contributed by atoms with Crippen LogP contribution in [0, 0.1) is 0 Å². The number of hydrogen-bond donors (Lipinski definition) is 3. The number of carbonyl (C=O) groups is 1. The average molecular weight is 330 g/mol. The van der Waals surface area contributed by atoms with Gasteiger partial charge in [0.15, 0.2) is 0 Å². The van der Waals surface area contributed by atoms with Crippen molar-refractivity contribution in [1.29, 1.82) is 0 Å². The molecular weight excluding hydrogens is 314 g/mol. The van der Waals surface area contributed by atoms with Crippen LogP contribution in [0.5, 0.6) is 0 Å². The number of benzene rings is 1. The Morgan fingerprint density at radius 1 is 1.09 bits per heavy atom. The number of rotatable bonds is 4. The molecule has 6 nitrogen and oxygen atoms in total. The zero-order valence-electron chi connectivity index (χ0n) is 12.2. The number of nitrogens with zero attached hydrogens (tertiary/aromatic N) is 2. The van der Waals surface area contributed by atoms with Crippen LogP contribution in [0.25, 0.3) is 10.8 Å². The molecule has 3 rings (SSSR count). The molecule has 0 atom stereocenters. The molecule has 0 spiro atoms. The van der Waals surface area contributed by atoms with E-state index in [1.807, 2.05) is 36.4 Å². The van der Waals surface area contributed by atoms with Gasteiger partial charge in [0.1, 0.15) is 11.6 Å². The Bertz CT molecular complexity index is 810. The van der Waals surface area contributed by atoms with Crippen LogP contribution in [0.2, 0.25) is 0 Å². The first kappa shape index (κ1) is 16.5. The second-order valence-corrected chi connectivity index (χ2v) is 4.77. The third-order valence-electron chi connectivity index (χ3n) is 3.23. The van der Waals surface area contributed by atoms with Crippen LogP contribution in [0.3, 0.4) is 0 Å². The lowest BCUT2D eigenvalue weighted by Gasteiger charge is -2.09. The average Bonchev–Trinajstić information content (AvgIpc) is 2.53. The smallest absolute Gasteiger partial charge is 0.317 e. The second kappa shape index (κ2) is 7.42. The number of primary amides is 1. The van der Waals surface area contributed by atoms with Gasteiger partial charge in [0.2, 0.25) is 0 Å². The third-order valence-corrected chi connectivity index (χ3v) is 3.23. The van der Waals surface area contributed by atoms with E-state index in [0.29, 0.717) is 12.4 Å². The summed E-state index contributed by atoms with van der Waals surface area (Å²) in [6.07, 6.45) is 3.48. The van der Waals surface area contributed by atoms with Crippen molar-refractivity contribution in [1.82, 2.24) is 9.97 Å². The monoisotopic (exact) mass is 329 g/mol. The lowest BCUT2D eigenvalue weighted by Crippen LogP contribution is -2.19. The Hall–Kier alpha value is -2.86. The SMILES string of the molecule is Cl.NC(=O)Nc1cc2cccc(CNc3ccccn3)c2cn1. The van der Waals surface area contributed by atoms with Crippen LogP contribution in [-0.4, -0.2) is 16.0 Å². The summed E-state index contributed by atoms with van der Waals surface area (Å²) in [7, 11) is 0. The van der Waals surface area contributed by atoms with Gasteiger partial charge in [-0.1, -0.05) is 24.3 Å². The van der Waals surface area contributed by atoms with E-state index in [2.05, 4.69) is 20.6 Å². The van der Waals surface area contributed by atoms with Crippen LogP contribution >= 0.6 is 12.4 Å². The highest BCUT2D eigenvalue weighted by molar-refractivity contribution is 5.92. The van der Waals surface area contributed by atoms with Crippen molar-refractivity contribution in [3.63, 3.8) is 0 Å². The largest absolute Gasteiger partial charge is 0.366 e. The van der Waals surface area contributed by atoms with E-state index in [4.69, 9.17) is 5.73 Å². The number of halogens is 1. The molecule has 2 heterocycles. The summed E-state index contributed by atoms with van der Waals surface area (Å²) in [5.41, 5.74) is 6.20. The Morgan fingerprint density at radius 2 is 1.96 bits per heavy atom. The van der Waals surface area contributed by atoms with Gasteiger partial charge in [0, 0.05) is 24.3 Å². The fourth-order valence-electron chi connectivity index (χ4n) is 2.24. The molecule has 1 aromatic carbocycles. The van der Waals surface area contributed by atoms with E-state index in [0.717, 1.165) is 22.2 Å². The highest BCUT2D eigenvalue weighted by atomic mass is 35.5. The zero-order valence-corrected chi connectivity index (χ0v) is 13.0. The van der Waals surface area contributed by atoms with Gasteiger partial charge < -0.3 is 11.1 Å². The topological polar surface area (TPSA) is 92.9 Å². The summed E-state index contributed by atoms with van der Waals surface area (Å²) >= 11 is 0. The summed E-state index contributed by atoms with van der Waals surface area (Å²) in [4.78, 5) is 19.3. The van der Waals surface area contributed by atoms with Crippen molar-refractivity contribution in [2.24, 2.45) is 5.73 Å². The first-order valence-electron chi connectivity index (χ1n) is 6.81. The Kier molecular flexibility index (Phi) is 5.32. The Morgan fingerprint density at radius 3 is 2.70 bits per heavy atom. The summed E-state index contributed by atoms with van der Waals surface area (Å²) in [5.74, 6) is 1.26. The fraction of sp³-hybridized carbons (Fsp3) is 0.0625. The first-order valence-corrected chi connectivity index (χ1v) is 6.81. The molecule has 23 heavy (non-hydrogen) atoms. The number of carbonyl (C=O) groups excluding carboxylic acids is 1. The molecule has 0 unspecified atom stereocenters. The quantitative estimate of drug-likeness (QED) is 0.685. The molecule has 7 heteroatoms. The van der Waals surface area contributed by atoms with Gasteiger partial charge >= 0.3 is 6.03 Å². The van der Waals surface area contributed by atoms with Crippen molar-refractivity contribution in [3.05, 3.63) is 60.4 Å². The van der Waals surface area contributed by atoms with E-state index in [1.165, 1.54) is 0 Å². The molecule has 2 aromatic heterocycles. The number of pyridine rings is 2. The molecule has 0 aliphatic carbocycles. The second-order valence-electron chi connectivity index (χ2n) is 4.77. The Labute approximate surface area is 139 Å². The van der Waals surface area contributed by atoms with Crippen molar-refractivity contribution in [2.75, 3.05) is 10.6 Å². The number of urea groups is 1. The highest BCUT2D eigenvalue weighted by Gasteiger charge is 2.04. The van der Waals surface area contributed by atoms with Crippen molar-refractivity contribution < 1.29 is 4.79 Å². The standard InChI is InChI=1S/C16H15N5O.ClH/c17-16(22)21-15-8-11-4-3-5-12(13(11)10-20-15)9-19-14-6-1-2-7-18-14;/h1-8,10H,9H2,(H,18,19)(H3,17,20,21,22);1H. The van der Waals surface area contributed by atoms with Crippen LogP contribution in [0.1, 0.15) is 5.56 Å². The summed E-state index contributed by atoms with van der Waals surface area (Å²) in [6, 6.07) is 12.9. The van der Waals surface area contributed by atoms with Crippen LogP contribution in [0.4, 0.5) is 16.4 Å². The lowest BCUT2D eigenvalue weighted by atomic mass is 10.1. The molecule has 0 radical (unpaired) electrons. The van der Waals surface area contributed by atoms with E-state index < -0.39 is 6.03 Å². The first-order chi connectivity index (χ1) is 10.7. The maximum Gasteiger partial charge on any atom is 0.317 e. The van der Waals surface area contributed by atoms with E-state index in [1.54, 1.807) is 18.5 Å². The predicted molar refractivity (Wildman–Crippen MR) is 93.8 cm³/mol. The van der Waals surface area contributed by atoms with Crippen LogP contribution < -0.4 is 16.4 Å². The van der Waals surface area contributed by atoms with Gasteiger partial charge in [0.25, 0.3) is 0 Å². The maximum absolute atomic E-state index is 10.9. The minimum Gasteiger partial charge on any atom is -0.366 e. The maximum atomic E-state index is 10.9. The Balaban J connectivity index is 0.00000192. The van der Waals surface area contributed by atoms with Gasteiger partial charge in [0.05, 0.1) is 0 Å². The third kappa shape index (κ3) is 4.08. The highest BCUT2D eigenvalue weighted by Crippen LogP contribution is 2.21. The van der Waals surface area contributed by atoms with Gasteiger partial charge in [-0.05, 0) is 29.1 Å². The van der Waals surface area contributed by atoms with E-state index in [9.17, 15) is 4.79 Å². The molecule has 0 aliphatic heterocycles. The van der Waals surface area contributed by atoms with E-state index >= 15 is 0 Å². The zero-order chi connectivity index (χ0) is 15.4. The number of fused-ring (bicyclic) bond motifs is 1. The molecule has 3 aromatic rings. The van der Waals surface area contributed by atoms with Crippen LogP contribution in [-0.2, 0) is 6.54 Å². The van der Waals surface area contributed by atoms with Gasteiger partial charge in [-0.25, -0.2) is 14.8 Å².